The fourth-order valence-electron chi connectivity index (χ4n) is 3.66. The van der Waals surface area contributed by atoms with Crippen LogP contribution in [0.1, 0.15) is 32.2 Å². The quantitative estimate of drug-likeness (QED) is 0.580. The zero-order chi connectivity index (χ0) is 22.9. The second-order valence-corrected chi connectivity index (χ2v) is 10.9. The number of nitrogens with zero attached hydrogens (tertiary/aromatic N) is 4. The van der Waals surface area contributed by atoms with Crippen molar-refractivity contribution in [3.63, 3.8) is 0 Å². The van der Waals surface area contributed by atoms with Crippen LogP contribution in [0.4, 0.5) is 4.39 Å². The molecule has 1 aromatic heterocycles. The molecule has 0 amide bonds. The van der Waals surface area contributed by atoms with E-state index in [9.17, 15) is 12.8 Å². The number of benzene rings is 2. The molecule has 0 atom stereocenters. The van der Waals surface area contributed by atoms with Crippen molar-refractivity contribution in [2.75, 3.05) is 26.2 Å². The number of sulfonamides is 1. The van der Waals surface area contributed by atoms with Crippen molar-refractivity contribution in [3.8, 4) is 11.5 Å². The Hall–Kier alpha value is -2.62. The lowest BCUT2D eigenvalue weighted by Gasteiger charge is -2.33. The number of rotatable bonds is 5. The smallest absolute Gasteiger partial charge is 0.258 e. The molecule has 0 saturated carbocycles. The minimum absolute atomic E-state index is 0.0301. The fourth-order valence-corrected chi connectivity index (χ4v) is 5.08. The van der Waals surface area contributed by atoms with E-state index in [4.69, 9.17) is 4.52 Å². The van der Waals surface area contributed by atoms with Gasteiger partial charge in [0.1, 0.15) is 5.82 Å². The molecular formula is C23H27FN4O3S. The molecule has 0 bridgehead atoms. The molecule has 0 aliphatic carbocycles. The SMILES string of the molecule is CC(C)(C)c1ccc(S(=O)(=O)N2CCN(Cc3noc(-c4cccc(F)c4)n3)CC2)cc1. The third-order valence-corrected chi connectivity index (χ3v) is 7.51. The molecule has 2 heterocycles. The van der Waals surface area contributed by atoms with Gasteiger partial charge in [-0.15, -0.1) is 0 Å². The minimum atomic E-state index is -3.54. The van der Waals surface area contributed by atoms with Crippen LogP contribution in [-0.2, 0) is 22.0 Å². The van der Waals surface area contributed by atoms with Crippen LogP contribution in [0.15, 0.2) is 57.9 Å². The summed E-state index contributed by atoms with van der Waals surface area (Å²) in [7, 11) is -3.54. The lowest BCUT2D eigenvalue weighted by molar-refractivity contribution is 0.176. The Morgan fingerprint density at radius 3 is 2.34 bits per heavy atom. The number of hydrogen-bond acceptors (Lipinski definition) is 6. The molecular weight excluding hydrogens is 431 g/mol. The Kier molecular flexibility index (Phi) is 6.15. The molecule has 0 unspecified atom stereocenters. The van der Waals surface area contributed by atoms with E-state index in [1.807, 2.05) is 12.1 Å². The number of hydrogen-bond donors (Lipinski definition) is 0. The van der Waals surface area contributed by atoms with Crippen molar-refractivity contribution in [1.29, 1.82) is 0 Å². The van der Waals surface area contributed by atoms with Crippen molar-refractivity contribution in [1.82, 2.24) is 19.3 Å². The predicted molar refractivity (Wildman–Crippen MR) is 119 cm³/mol. The van der Waals surface area contributed by atoms with Gasteiger partial charge >= 0.3 is 0 Å². The molecule has 170 valence electrons. The first-order valence-corrected chi connectivity index (χ1v) is 12.0. The first kappa shape index (κ1) is 22.6. The summed E-state index contributed by atoms with van der Waals surface area (Å²) in [5.41, 5.74) is 1.59. The molecule has 4 rings (SSSR count). The van der Waals surface area contributed by atoms with Crippen LogP contribution >= 0.6 is 0 Å². The second kappa shape index (κ2) is 8.73. The van der Waals surface area contributed by atoms with E-state index in [0.717, 1.165) is 5.56 Å². The number of aromatic nitrogens is 2. The minimum Gasteiger partial charge on any atom is -0.334 e. The Bertz CT molecular complexity index is 1180. The Labute approximate surface area is 187 Å². The molecule has 0 N–H and O–H groups in total. The van der Waals surface area contributed by atoms with Gasteiger partial charge in [-0.1, -0.05) is 44.1 Å². The van der Waals surface area contributed by atoms with Gasteiger partial charge in [-0.05, 0) is 41.3 Å². The summed E-state index contributed by atoms with van der Waals surface area (Å²) in [6, 6.07) is 13.1. The highest BCUT2D eigenvalue weighted by atomic mass is 32.2. The van der Waals surface area contributed by atoms with Crippen molar-refractivity contribution in [3.05, 3.63) is 65.7 Å². The zero-order valence-corrected chi connectivity index (χ0v) is 19.3. The summed E-state index contributed by atoms with van der Waals surface area (Å²) in [4.78, 5) is 6.74. The van der Waals surface area contributed by atoms with Crippen LogP contribution in [0.25, 0.3) is 11.5 Å². The van der Waals surface area contributed by atoms with Gasteiger partial charge in [0.05, 0.1) is 11.4 Å². The summed E-state index contributed by atoms with van der Waals surface area (Å²) >= 11 is 0. The van der Waals surface area contributed by atoms with Crippen LogP contribution in [0.2, 0.25) is 0 Å². The molecule has 7 nitrogen and oxygen atoms in total. The van der Waals surface area contributed by atoms with E-state index in [2.05, 4.69) is 35.8 Å². The van der Waals surface area contributed by atoms with Gasteiger partial charge in [0.15, 0.2) is 5.82 Å². The molecule has 1 aliphatic rings. The summed E-state index contributed by atoms with van der Waals surface area (Å²) < 4.78 is 46.3. The summed E-state index contributed by atoms with van der Waals surface area (Å²) in [6.07, 6.45) is 0. The molecule has 1 fully saturated rings. The van der Waals surface area contributed by atoms with Crippen LogP contribution in [0.3, 0.4) is 0 Å². The maximum Gasteiger partial charge on any atom is 0.258 e. The average molecular weight is 459 g/mol. The summed E-state index contributed by atoms with van der Waals surface area (Å²) in [6.45, 7) is 8.62. The van der Waals surface area contributed by atoms with Gasteiger partial charge in [0, 0.05) is 31.7 Å². The van der Waals surface area contributed by atoms with Gasteiger partial charge in [-0.25, -0.2) is 12.8 Å². The zero-order valence-electron chi connectivity index (χ0n) is 18.5. The summed E-state index contributed by atoms with van der Waals surface area (Å²) in [5.74, 6) is 0.380. The lowest BCUT2D eigenvalue weighted by atomic mass is 9.87. The highest BCUT2D eigenvalue weighted by Crippen LogP contribution is 2.25. The lowest BCUT2D eigenvalue weighted by Crippen LogP contribution is -2.48. The highest BCUT2D eigenvalue weighted by Gasteiger charge is 2.29. The Morgan fingerprint density at radius 1 is 1.03 bits per heavy atom. The van der Waals surface area contributed by atoms with Crippen LogP contribution in [-0.4, -0.2) is 53.9 Å². The molecule has 9 heteroatoms. The van der Waals surface area contributed by atoms with Crippen molar-refractivity contribution >= 4 is 10.0 Å². The summed E-state index contributed by atoms with van der Waals surface area (Å²) in [5, 5.41) is 3.98. The van der Waals surface area contributed by atoms with Crippen LogP contribution in [0, 0.1) is 5.82 Å². The van der Waals surface area contributed by atoms with Crippen molar-refractivity contribution in [2.24, 2.45) is 0 Å². The third kappa shape index (κ3) is 4.90. The van der Waals surface area contributed by atoms with E-state index < -0.39 is 10.0 Å². The fraction of sp³-hybridized carbons (Fsp3) is 0.391. The van der Waals surface area contributed by atoms with Crippen molar-refractivity contribution in [2.45, 2.75) is 37.6 Å². The van der Waals surface area contributed by atoms with Gasteiger partial charge in [-0.2, -0.15) is 9.29 Å². The van der Waals surface area contributed by atoms with Crippen molar-refractivity contribution < 1.29 is 17.3 Å². The third-order valence-electron chi connectivity index (χ3n) is 5.59. The van der Waals surface area contributed by atoms with E-state index in [-0.39, 0.29) is 17.1 Å². The van der Waals surface area contributed by atoms with Gasteiger partial charge in [0.25, 0.3) is 5.89 Å². The Morgan fingerprint density at radius 2 is 1.72 bits per heavy atom. The first-order valence-electron chi connectivity index (χ1n) is 10.5. The molecule has 0 radical (unpaired) electrons. The van der Waals surface area contributed by atoms with Crippen LogP contribution in [0.5, 0.6) is 0 Å². The highest BCUT2D eigenvalue weighted by molar-refractivity contribution is 7.89. The van der Waals surface area contributed by atoms with Gasteiger partial charge in [0.2, 0.25) is 10.0 Å². The maximum absolute atomic E-state index is 13.4. The number of piperazine rings is 1. The molecule has 3 aromatic rings. The topological polar surface area (TPSA) is 79.5 Å². The number of halogens is 1. The maximum atomic E-state index is 13.4. The molecule has 2 aromatic carbocycles. The standard InChI is InChI=1S/C23H27FN4O3S/c1-23(2,3)18-7-9-20(10-8-18)32(29,30)28-13-11-27(12-14-28)16-21-25-22(31-26-21)17-5-4-6-19(24)15-17/h4-10,15H,11-14,16H2,1-3H3. The van der Waals surface area contributed by atoms with E-state index in [0.29, 0.717) is 49.0 Å². The molecule has 32 heavy (non-hydrogen) atoms. The molecule has 1 aliphatic heterocycles. The normalized spacial score (nSPS) is 16.4. The largest absolute Gasteiger partial charge is 0.334 e. The second-order valence-electron chi connectivity index (χ2n) is 8.98. The monoisotopic (exact) mass is 458 g/mol. The Balaban J connectivity index is 1.37. The van der Waals surface area contributed by atoms with Crippen LogP contribution < -0.4 is 0 Å². The first-order chi connectivity index (χ1) is 15.1. The molecule has 1 saturated heterocycles. The average Bonchev–Trinajstić information content (AvgIpc) is 3.22. The van der Waals surface area contributed by atoms with E-state index in [1.54, 1.807) is 24.3 Å². The van der Waals surface area contributed by atoms with Gasteiger partial charge in [-0.3, -0.25) is 4.90 Å². The predicted octanol–water partition coefficient (Wildman–Crippen LogP) is 3.68. The van der Waals surface area contributed by atoms with E-state index in [1.165, 1.54) is 16.4 Å². The van der Waals surface area contributed by atoms with E-state index >= 15 is 0 Å². The van der Waals surface area contributed by atoms with Gasteiger partial charge < -0.3 is 4.52 Å². The molecule has 0 spiro atoms.